The number of anilines is 1. The molecule has 2 rings (SSSR count). The third-order valence-electron chi connectivity index (χ3n) is 2.71. The predicted octanol–water partition coefficient (Wildman–Crippen LogP) is 2.73. The summed E-state index contributed by atoms with van der Waals surface area (Å²) in [5.74, 6) is -2.90. The molecule has 18 heavy (non-hydrogen) atoms. The van der Waals surface area contributed by atoms with Crippen LogP contribution in [0, 0.1) is 0 Å². The van der Waals surface area contributed by atoms with Crippen LogP contribution < -0.4 is 4.90 Å². The van der Waals surface area contributed by atoms with Crippen molar-refractivity contribution in [1.29, 1.82) is 0 Å². The molecule has 0 aromatic carbocycles. The Morgan fingerprint density at radius 1 is 1.17 bits per heavy atom. The van der Waals surface area contributed by atoms with E-state index in [0.717, 1.165) is 12.3 Å². The average Bonchev–Trinajstić information content (AvgIpc) is 2.28. The Morgan fingerprint density at radius 3 is 2.33 bits per heavy atom. The molecule has 0 radical (unpaired) electrons. The predicted molar refractivity (Wildman–Crippen MR) is 53.4 cm³/mol. The summed E-state index contributed by atoms with van der Waals surface area (Å²) in [6.45, 7) is -0.0946. The van der Waals surface area contributed by atoms with Gasteiger partial charge >= 0.3 is 6.18 Å². The summed E-state index contributed by atoms with van der Waals surface area (Å²) < 4.78 is 63.1. The summed E-state index contributed by atoms with van der Waals surface area (Å²) in [6.07, 6.45) is -4.37. The first-order valence-electron chi connectivity index (χ1n) is 5.31. The number of hydrogen-bond donors (Lipinski definition) is 0. The van der Waals surface area contributed by atoms with E-state index in [1.165, 1.54) is 4.90 Å². The standard InChI is InChI=1S/C10H10F5N3/c11-9(12)2-5-18(6-3-9)8-16-4-1-7(17-8)10(13,14)15/h1,4H,2-3,5-6H2. The average molecular weight is 267 g/mol. The van der Waals surface area contributed by atoms with Gasteiger partial charge in [-0.25, -0.2) is 18.7 Å². The van der Waals surface area contributed by atoms with Crippen LogP contribution in [-0.2, 0) is 6.18 Å². The molecule has 1 saturated heterocycles. The van der Waals surface area contributed by atoms with E-state index in [1.54, 1.807) is 0 Å². The van der Waals surface area contributed by atoms with E-state index in [0.29, 0.717) is 0 Å². The lowest BCUT2D eigenvalue weighted by molar-refractivity contribution is -0.141. The van der Waals surface area contributed by atoms with Crippen molar-refractivity contribution in [3.63, 3.8) is 0 Å². The zero-order valence-electron chi connectivity index (χ0n) is 9.21. The molecule has 1 fully saturated rings. The molecule has 1 aliphatic heterocycles. The summed E-state index contributed by atoms with van der Waals surface area (Å²) in [6, 6.07) is 0.752. The SMILES string of the molecule is FC1(F)CCN(c2nccc(C(F)(F)F)n2)CC1. The largest absolute Gasteiger partial charge is 0.433 e. The van der Waals surface area contributed by atoms with E-state index in [9.17, 15) is 22.0 Å². The lowest BCUT2D eigenvalue weighted by atomic mass is 10.1. The third-order valence-corrected chi connectivity index (χ3v) is 2.71. The fourth-order valence-electron chi connectivity index (χ4n) is 1.69. The van der Waals surface area contributed by atoms with Crippen molar-refractivity contribution in [2.24, 2.45) is 0 Å². The summed E-state index contributed by atoms with van der Waals surface area (Å²) in [5, 5.41) is 0. The van der Waals surface area contributed by atoms with E-state index in [4.69, 9.17) is 0 Å². The molecule has 0 unspecified atom stereocenters. The molecule has 8 heteroatoms. The number of hydrogen-bond acceptors (Lipinski definition) is 3. The minimum absolute atomic E-state index is 0.0473. The van der Waals surface area contributed by atoms with Crippen LogP contribution in [0.2, 0.25) is 0 Å². The topological polar surface area (TPSA) is 29.0 Å². The third kappa shape index (κ3) is 2.85. The number of piperidine rings is 1. The number of alkyl halides is 5. The molecule has 0 N–H and O–H groups in total. The molecule has 0 saturated carbocycles. The van der Waals surface area contributed by atoms with Crippen molar-refractivity contribution in [3.05, 3.63) is 18.0 Å². The molecule has 0 bridgehead atoms. The Labute approximate surface area is 99.6 Å². The van der Waals surface area contributed by atoms with Gasteiger partial charge in [-0.1, -0.05) is 0 Å². The van der Waals surface area contributed by atoms with Gasteiger partial charge in [0.05, 0.1) is 0 Å². The van der Waals surface area contributed by atoms with Crippen molar-refractivity contribution in [1.82, 2.24) is 9.97 Å². The molecule has 1 aromatic heterocycles. The first-order valence-corrected chi connectivity index (χ1v) is 5.31. The summed E-state index contributed by atoms with van der Waals surface area (Å²) >= 11 is 0. The van der Waals surface area contributed by atoms with Crippen LogP contribution in [-0.4, -0.2) is 29.0 Å². The van der Waals surface area contributed by atoms with Gasteiger partial charge in [-0.2, -0.15) is 13.2 Å². The van der Waals surface area contributed by atoms with E-state index in [2.05, 4.69) is 9.97 Å². The van der Waals surface area contributed by atoms with Gasteiger partial charge in [0.15, 0.2) is 0 Å². The van der Waals surface area contributed by atoms with Crippen LogP contribution >= 0.6 is 0 Å². The second-order valence-electron chi connectivity index (χ2n) is 4.08. The molecule has 2 heterocycles. The fourth-order valence-corrected chi connectivity index (χ4v) is 1.69. The maximum absolute atomic E-state index is 12.9. The Balaban J connectivity index is 2.15. The lowest BCUT2D eigenvalue weighted by Gasteiger charge is -2.31. The van der Waals surface area contributed by atoms with Gasteiger partial charge in [0.1, 0.15) is 5.69 Å². The van der Waals surface area contributed by atoms with Gasteiger partial charge in [0.25, 0.3) is 5.92 Å². The van der Waals surface area contributed by atoms with E-state index >= 15 is 0 Å². The number of aromatic nitrogens is 2. The Hall–Kier alpha value is -1.47. The van der Waals surface area contributed by atoms with Crippen LogP contribution in [0.1, 0.15) is 18.5 Å². The first kappa shape index (κ1) is 13.0. The van der Waals surface area contributed by atoms with Crippen LogP contribution in [0.25, 0.3) is 0 Å². The zero-order chi connectivity index (χ0) is 13.4. The molecule has 1 aliphatic rings. The van der Waals surface area contributed by atoms with Gasteiger partial charge in [-0.05, 0) is 6.07 Å². The molecule has 100 valence electrons. The highest BCUT2D eigenvalue weighted by Crippen LogP contribution is 2.31. The van der Waals surface area contributed by atoms with Gasteiger partial charge in [-0.3, -0.25) is 0 Å². The lowest BCUT2D eigenvalue weighted by Crippen LogP contribution is -2.40. The zero-order valence-corrected chi connectivity index (χ0v) is 9.21. The van der Waals surface area contributed by atoms with Crippen molar-refractivity contribution in [3.8, 4) is 0 Å². The Bertz CT molecular complexity index is 422. The van der Waals surface area contributed by atoms with Crippen molar-refractivity contribution < 1.29 is 22.0 Å². The smallest absolute Gasteiger partial charge is 0.340 e. The van der Waals surface area contributed by atoms with Crippen LogP contribution in [0.15, 0.2) is 12.3 Å². The highest BCUT2D eigenvalue weighted by atomic mass is 19.4. The van der Waals surface area contributed by atoms with Crippen LogP contribution in [0.4, 0.5) is 27.9 Å². The minimum Gasteiger partial charge on any atom is -0.340 e. The molecule has 0 amide bonds. The first-order chi connectivity index (χ1) is 8.28. The number of nitrogens with zero attached hydrogens (tertiary/aromatic N) is 3. The van der Waals surface area contributed by atoms with Crippen molar-refractivity contribution in [2.75, 3.05) is 18.0 Å². The molecule has 0 atom stereocenters. The molecule has 1 aromatic rings. The maximum Gasteiger partial charge on any atom is 0.433 e. The molecular formula is C10H10F5N3. The van der Waals surface area contributed by atoms with Crippen molar-refractivity contribution >= 4 is 5.95 Å². The summed E-state index contributed by atoms with van der Waals surface area (Å²) in [7, 11) is 0. The molecular weight excluding hydrogens is 257 g/mol. The van der Waals surface area contributed by atoms with Crippen molar-refractivity contribution in [2.45, 2.75) is 24.9 Å². The van der Waals surface area contributed by atoms with E-state index in [-0.39, 0.29) is 19.0 Å². The summed E-state index contributed by atoms with van der Waals surface area (Å²) in [4.78, 5) is 8.39. The Morgan fingerprint density at radius 2 is 1.78 bits per heavy atom. The molecule has 0 aliphatic carbocycles. The number of halogens is 5. The van der Waals surface area contributed by atoms with Crippen LogP contribution in [0.5, 0.6) is 0 Å². The monoisotopic (exact) mass is 267 g/mol. The Kier molecular flexibility index (Phi) is 3.12. The van der Waals surface area contributed by atoms with Crippen LogP contribution in [0.3, 0.4) is 0 Å². The molecule has 0 spiro atoms. The van der Waals surface area contributed by atoms with Gasteiger partial charge in [0.2, 0.25) is 5.95 Å². The second kappa shape index (κ2) is 4.33. The highest BCUT2D eigenvalue weighted by molar-refractivity contribution is 5.31. The van der Waals surface area contributed by atoms with E-state index in [1.807, 2.05) is 0 Å². The minimum atomic E-state index is -4.56. The summed E-state index contributed by atoms with van der Waals surface area (Å²) in [5.41, 5.74) is -1.06. The fraction of sp³-hybridized carbons (Fsp3) is 0.600. The van der Waals surface area contributed by atoms with E-state index < -0.39 is 30.6 Å². The maximum atomic E-state index is 12.9. The normalized spacial score (nSPS) is 19.9. The molecule has 3 nitrogen and oxygen atoms in total. The number of rotatable bonds is 1. The van der Waals surface area contributed by atoms with Gasteiger partial charge in [0, 0.05) is 32.1 Å². The quantitative estimate of drug-likeness (QED) is 0.733. The van der Waals surface area contributed by atoms with Gasteiger partial charge in [-0.15, -0.1) is 0 Å². The van der Waals surface area contributed by atoms with Gasteiger partial charge < -0.3 is 4.90 Å². The second-order valence-corrected chi connectivity index (χ2v) is 4.08. The highest BCUT2D eigenvalue weighted by Gasteiger charge is 2.36.